The maximum absolute atomic E-state index is 11.3. The van der Waals surface area contributed by atoms with Gasteiger partial charge in [0.25, 0.3) is 0 Å². The Kier molecular flexibility index (Phi) is 3.31. The molecule has 1 amide bonds. The lowest BCUT2D eigenvalue weighted by Crippen LogP contribution is -2.05. The molecule has 3 rings (SSSR count). The molecule has 1 aliphatic heterocycles. The minimum Gasteiger partial charge on any atom is -0.491 e. The maximum Gasteiger partial charge on any atom is 0.228 e. The van der Waals surface area contributed by atoms with E-state index in [2.05, 4.69) is 10.3 Å². The lowest BCUT2D eigenvalue weighted by Gasteiger charge is -2.10. The number of carbonyl (C=O) groups is 1. The van der Waals surface area contributed by atoms with Crippen LogP contribution in [0.25, 0.3) is 0 Å². The molecule has 0 atom stereocenters. The number of anilines is 2. The zero-order valence-electron chi connectivity index (χ0n) is 11.1. The summed E-state index contributed by atoms with van der Waals surface area (Å²) in [6.07, 6.45) is 1.19. The van der Waals surface area contributed by atoms with Gasteiger partial charge in [0.1, 0.15) is 5.75 Å². The molecular formula is C14H15N3O2S. The second-order valence-corrected chi connectivity index (χ2v) is 5.67. The quantitative estimate of drug-likeness (QED) is 0.845. The van der Waals surface area contributed by atoms with E-state index in [9.17, 15) is 4.79 Å². The fraction of sp³-hybridized carbons (Fsp3) is 0.286. The summed E-state index contributed by atoms with van der Waals surface area (Å²) in [5.74, 6) is 0.616. The molecule has 0 aliphatic carbocycles. The third-order valence-corrected chi connectivity index (χ3v) is 4.29. The number of thiazole rings is 1. The molecule has 6 heteroatoms. The summed E-state index contributed by atoms with van der Waals surface area (Å²) in [5.41, 5.74) is 11.1. The molecule has 1 aromatic carbocycles. The van der Waals surface area contributed by atoms with Crippen molar-refractivity contribution in [3.8, 4) is 5.75 Å². The van der Waals surface area contributed by atoms with Crippen LogP contribution in [0.2, 0.25) is 0 Å². The van der Waals surface area contributed by atoms with Crippen LogP contribution in [-0.2, 0) is 17.6 Å². The molecule has 3 N–H and O–H groups in total. The van der Waals surface area contributed by atoms with E-state index in [1.54, 1.807) is 23.5 Å². The number of aromatic nitrogens is 1. The van der Waals surface area contributed by atoms with Crippen LogP contribution in [0.1, 0.15) is 16.1 Å². The number of benzene rings is 1. The van der Waals surface area contributed by atoms with E-state index in [0.717, 1.165) is 23.4 Å². The maximum atomic E-state index is 11.3. The molecule has 0 saturated carbocycles. The van der Waals surface area contributed by atoms with Crippen molar-refractivity contribution in [2.24, 2.45) is 0 Å². The molecule has 1 aromatic heterocycles. The fourth-order valence-electron chi connectivity index (χ4n) is 2.22. The number of nitrogens with two attached hydrogens (primary N) is 1. The molecule has 0 unspecified atom stereocenters. The number of amides is 1. The molecule has 104 valence electrons. The normalized spacial score (nSPS) is 13.2. The van der Waals surface area contributed by atoms with Gasteiger partial charge in [-0.25, -0.2) is 4.98 Å². The Bertz CT molecular complexity index is 666. The van der Waals surface area contributed by atoms with Gasteiger partial charge in [0.2, 0.25) is 5.91 Å². The summed E-state index contributed by atoms with van der Waals surface area (Å²) in [6.45, 7) is 2.53. The van der Waals surface area contributed by atoms with Crippen molar-refractivity contribution >= 4 is 28.6 Å². The van der Waals surface area contributed by atoms with Crippen molar-refractivity contribution in [1.29, 1.82) is 0 Å². The molecule has 0 saturated heterocycles. The van der Waals surface area contributed by atoms with Crippen molar-refractivity contribution in [3.05, 3.63) is 33.8 Å². The predicted octanol–water partition coefficient (Wildman–Crippen LogP) is 2.15. The summed E-state index contributed by atoms with van der Waals surface area (Å²) in [5, 5.41) is 2.80. The molecule has 2 heterocycles. The lowest BCUT2D eigenvalue weighted by atomic mass is 10.1. The van der Waals surface area contributed by atoms with Gasteiger partial charge in [-0.05, 0) is 18.6 Å². The van der Waals surface area contributed by atoms with Crippen molar-refractivity contribution in [1.82, 2.24) is 4.98 Å². The molecule has 20 heavy (non-hydrogen) atoms. The Morgan fingerprint density at radius 1 is 1.50 bits per heavy atom. The van der Waals surface area contributed by atoms with Gasteiger partial charge >= 0.3 is 0 Å². The lowest BCUT2D eigenvalue weighted by molar-refractivity contribution is -0.115. The number of rotatable bonds is 4. The number of carbonyl (C=O) groups excluding carboxylic acids is 1. The first-order valence-electron chi connectivity index (χ1n) is 6.37. The summed E-state index contributed by atoms with van der Waals surface area (Å²) in [7, 11) is 0. The monoisotopic (exact) mass is 289 g/mol. The molecule has 0 spiro atoms. The summed E-state index contributed by atoms with van der Waals surface area (Å²) < 4.78 is 5.73. The Labute approximate surface area is 120 Å². The van der Waals surface area contributed by atoms with Gasteiger partial charge in [-0.3, -0.25) is 4.79 Å². The highest BCUT2D eigenvalue weighted by Gasteiger charge is 2.19. The van der Waals surface area contributed by atoms with Crippen LogP contribution >= 0.6 is 11.3 Å². The highest BCUT2D eigenvalue weighted by Crippen LogP contribution is 2.33. The van der Waals surface area contributed by atoms with Gasteiger partial charge in [0.15, 0.2) is 0 Å². The van der Waals surface area contributed by atoms with E-state index in [-0.39, 0.29) is 5.91 Å². The zero-order chi connectivity index (χ0) is 14.1. The van der Waals surface area contributed by atoms with Crippen LogP contribution < -0.4 is 15.8 Å². The standard InChI is InChI=1S/C14H15N3O2S/c1-8-13(20-7-16-8)2-3-19-12-6-11-9(4-10(12)15)5-14(18)17-11/h4,6-7H,2-3,5,15H2,1H3,(H,17,18). The van der Waals surface area contributed by atoms with E-state index in [1.165, 1.54) is 4.88 Å². The van der Waals surface area contributed by atoms with Crippen LogP contribution in [0.5, 0.6) is 5.75 Å². The van der Waals surface area contributed by atoms with Gasteiger partial charge < -0.3 is 15.8 Å². The second kappa shape index (κ2) is 5.13. The van der Waals surface area contributed by atoms with E-state index in [4.69, 9.17) is 10.5 Å². The molecular weight excluding hydrogens is 274 g/mol. The second-order valence-electron chi connectivity index (χ2n) is 4.73. The Morgan fingerprint density at radius 2 is 2.35 bits per heavy atom. The predicted molar refractivity (Wildman–Crippen MR) is 79.2 cm³/mol. The molecule has 2 aromatic rings. The number of ether oxygens (including phenoxy) is 1. The zero-order valence-corrected chi connectivity index (χ0v) is 11.9. The molecule has 1 aliphatic rings. The third-order valence-electron chi connectivity index (χ3n) is 3.29. The number of fused-ring (bicyclic) bond motifs is 1. The third kappa shape index (κ3) is 2.46. The fourth-order valence-corrected chi connectivity index (χ4v) is 2.98. The number of aryl methyl sites for hydroxylation is 1. The largest absolute Gasteiger partial charge is 0.491 e. The van der Waals surface area contributed by atoms with E-state index < -0.39 is 0 Å². The summed E-state index contributed by atoms with van der Waals surface area (Å²) in [6, 6.07) is 3.61. The Morgan fingerprint density at radius 3 is 3.10 bits per heavy atom. The van der Waals surface area contributed by atoms with Crippen molar-refractivity contribution in [3.63, 3.8) is 0 Å². The molecule has 0 radical (unpaired) electrons. The topological polar surface area (TPSA) is 77.2 Å². The van der Waals surface area contributed by atoms with Crippen LogP contribution in [0.15, 0.2) is 17.6 Å². The van der Waals surface area contributed by atoms with E-state index in [0.29, 0.717) is 24.5 Å². The van der Waals surface area contributed by atoms with Crippen LogP contribution in [-0.4, -0.2) is 17.5 Å². The minimum absolute atomic E-state index is 0.00293. The number of nitrogens with one attached hydrogen (secondary N) is 1. The highest BCUT2D eigenvalue weighted by molar-refractivity contribution is 7.09. The molecule has 0 fully saturated rings. The van der Waals surface area contributed by atoms with Crippen LogP contribution in [0, 0.1) is 6.92 Å². The van der Waals surface area contributed by atoms with Crippen molar-refractivity contribution in [2.75, 3.05) is 17.7 Å². The average molecular weight is 289 g/mol. The van der Waals surface area contributed by atoms with Gasteiger partial charge in [-0.2, -0.15) is 0 Å². The van der Waals surface area contributed by atoms with Crippen LogP contribution in [0.3, 0.4) is 0 Å². The average Bonchev–Trinajstić information content (AvgIpc) is 2.95. The summed E-state index contributed by atoms with van der Waals surface area (Å²) in [4.78, 5) is 16.8. The van der Waals surface area contributed by atoms with E-state index >= 15 is 0 Å². The molecule has 0 bridgehead atoms. The summed E-state index contributed by atoms with van der Waals surface area (Å²) >= 11 is 1.63. The minimum atomic E-state index is -0.00293. The van der Waals surface area contributed by atoms with Crippen molar-refractivity contribution in [2.45, 2.75) is 19.8 Å². The first-order chi connectivity index (χ1) is 9.63. The Balaban J connectivity index is 1.68. The number of hydrogen-bond donors (Lipinski definition) is 2. The smallest absolute Gasteiger partial charge is 0.228 e. The molecule has 5 nitrogen and oxygen atoms in total. The van der Waals surface area contributed by atoms with Crippen LogP contribution in [0.4, 0.5) is 11.4 Å². The first-order valence-corrected chi connectivity index (χ1v) is 7.25. The number of nitrogen functional groups attached to an aromatic ring is 1. The number of nitrogens with zero attached hydrogens (tertiary/aromatic N) is 1. The Hall–Kier alpha value is -2.08. The van der Waals surface area contributed by atoms with E-state index in [1.807, 2.05) is 12.4 Å². The highest BCUT2D eigenvalue weighted by atomic mass is 32.1. The van der Waals surface area contributed by atoms with Gasteiger partial charge in [0.05, 0.1) is 29.9 Å². The van der Waals surface area contributed by atoms with Gasteiger partial charge in [-0.15, -0.1) is 11.3 Å². The number of hydrogen-bond acceptors (Lipinski definition) is 5. The first kappa shape index (κ1) is 12.9. The van der Waals surface area contributed by atoms with Gasteiger partial charge in [0, 0.05) is 23.1 Å². The SMILES string of the molecule is Cc1ncsc1CCOc1cc2c(cc1N)CC(=O)N2. The van der Waals surface area contributed by atoms with Gasteiger partial charge in [-0.1, -0.05) is 0 Å². The van der Waals surface area contributed by atoms with Crippen molar-refractivity contribution < 1.29 is 9.53 Å².